The molecule has 0 spiro atoms. The van der Waals surface area contributed by atoms with Gasteiger partial charge in [-0.05, 0) is 37.7 Å². The molecule has 98 valence electrons. The molecule has 0 rings (SSSR count). The van der Waals surface area contributed by atoms with E-state index in [1.165, 1.54) is 38.0 Å². The SMILES string of the molecule is CCCCP(CCCC)CCCS(=O)(=O)O. The van der Waals surface area contributed by atoms with Crippen LogP contribution in [0.15, 0.2) is 0 Å². The van der Waals surface area contributed by atoms with Crippen molar-refractivity contribution >= 4 is 18.0 Å². The molecule has 0 heterocycles. The van der Waals surface area contributed by atoms with E-state index in [4.69, 9.17) is 4.55 Å². The minimum Gasteiger partial charge on any atom is -0.286 e. The van der Waals surface area contributed by atoms with E-state index in [9.17, 15) is 8.42 Å². The van der Waals surface area contributed by atoms with Crippen LogP contribution in [0.1, 0.15) is 46.0 Å². The lowest BCUT2D eigenvalue weighted by Gasteiger charge is -2.16. The molecule has 3 nitrogen and oxygen atoms in total. The monoisotopic (exact) mass is 268 g/mol. The maximum atomic E-state index is 10.6. The van der Waals surface area contributed by atoms with E-state index in [2.05, 4.69) is 13.8 Å². The highest BCUT2D eigenvalue weighted by Gasteiger charge is 2.10. The smallest absolute Gasteiger partial charge is 0.264 e. The molecule has 1 N–H and O–H groups in total. The van der Waals surface area contributed by atoms with Gasteiger partial charge in [0.05, 0.1) is 5.75 Å². The number of hydrogen-bond donors (Lipinski definition) is 1. The molecule has 0 aliphatic heterocycles. The Balaban J connectivity index is 3.81. The van der Waals surface area contributed by atoms with Crippen molar-refractivity contribution in [3.63, 3.8) is 0 Å². The summed E-state index contributed by atoms with van der Waals surface area (Å²) in [5.74, 6) is -0.0654. The van der Waals surface area contributed by atoms with E-state index >= 15 is 0 Å². The van der Waals surface area contributed by atoms with E-state index in [0.29, 0.717) is 6.42 Å². The molecule has 0 aliphatic rings. The van der Waals surface area contributed by atoms with E-state index in [1.54, 1.807) is 0 Å². The van der Waals surface area contributed by atoms with E-state index < -0.39 is 10.1 Å². The Labute approximate surface area is 102 Å². The lowest BCUT2D eigenvalue weighted by atomic mass is 10.4. The number of rotatable bonds is 10. The van der Waals surface area contributed by atoms with Crippen LogP contribution in [-0.4, -0.2) is 37.2 Å². The van der Waals surface area contributed by atoms with Crippen LogP contribution in [0.5, 0.6) is 0 Å². The van der Waals surface area contributed by atoms with Gasteiger partial charge in [-0.25, -0.2) is 0 Å². The molecule has 0 saturated heterocycles. The molecule has 0 atom stereocenters. The van der Waals surface area contributed by atoms with Gasteiger partial charge in [0.2, 0.25) is 0 Å². The third-order valence-electron chi connectivity index (χ3n) is 2.53. The first-order chi connectivity index (χ1) is 7.49. The zero-order valence-corrected chi connectivity index (χ0v) is 12.2. The number of hydrogen-bond acceptors (Lipinski definition) is 2. The highest BCUT2D eigenvalue weighted by molar-refractivity contribution is 7.85. The second kappa shape index (κ2) is 9.38. The van der Waals surface area contributed by atoms with Crippen molar-refractivity contribution in [1.82, 2.24) is 0 Å². The Bertz CT molecular complexity index is 244. The zero-order valence-electron chi connectivity index (χ0n) is 10.5. The van der Waals surface area contributed by atoms with Crippen molar-refractivity contribution in [2.75, 3.05) is 24.2 Å². The maximum absolute atomic E-state index is 10.6. The third kappa shape index (κ3) is 10.8. The highest BCUT2D eigenvalue weighted by Crippen LogP contribution is 2.38. The molecular formula is C11H25O3PS. The summed E-state index contributed by atoms with van der Waals surface area (Å²) in [6.07, 6.45) is 9.07. The predicted octanol–water partition coefficient (Wildman–Crippen LogP) is 3.35. The minimum atomic E-state index is -3.75. The summed E-state index contributed by atoms with van der Waals surface area (Å²) >= 11 is 0. The van der Waals surface area contributed by atoms with Gasteiger partial charge in [0.25, 0.3) is 10.1 Å². The minimum absolute atomic E-state index is 0.00103. The summed E-state index contributed by atoms with van der Waals surface area (Å²) in [7, 11) is -3.75. The summed E-state index contributed by atoms with van der Waals surface area (Å²) < 4.78 is 29.9. The topological polar surface area (TPSA) is 54.4 Å². The van der Waals surface area contributed by atoms with Crippen LogP contribution in [0.25, 0.3) is 0 Å². The Morgan fingerprint density at radius 1 is 0.938 bits per heavy atom. The van der Waals surface area contributed by atoms with Gasteiger partial charge in [-0.3, -0.25) is 4.55 Å². The van der Waals surface area contributed by atoms with Gasteiger partial charge in [0, 0.05) is 0 Å². The van der Waals surface area contributed by atoms with E-state index in [1.807, 2.05) is 0 Å². The van der Waals surface area contributed by atoms with Crippen LogP contribution in [0, 0.1) is 0 Å². The molecular weight excluding hydrogens is 243 g/mol. The molecule has 0 saturated carbocycles. The second-order valence-electron chi connectivity index (χ2n) is 4.19. The molecule has 0 fully saturated rings. The van der Waals surface area contributed by atoms with Gasteiger partial charge >= 0.3 is 0 Å². The zero-order chi connectivity index (χ0) is 12.4. The summed E-state index contributed by atoms with van der Waals surface area (Å²) in [5, 5.41) is 0. The van der Waals surface area contributed by atoms with Crippen molar-refractivity contribution < 1.29 is 13.0 Å². The van der Waals surface area contributed by atoms with Crippen molar-refractivity contribution in [3.8, 4) is 0 Å². The third-order valence-corrected chi connectivity index (χ3v) is 6.18. The average molecular weight is 268 g/mol. The summed E-state index contributed by atoms with van der Waals surface area (Å²) in [5.41, 5.74) is 0. The van der Waals surface area contributed by atoms with Crippen LogP contribution >= 0.6 is 7.92 Å². The summed E-state index contributed by atoms with van der Waals surface area (Å²) in [6.45, 7) is 4.37. The fourth-order valence-electron chi connectivity index (χ4n) is 1.57. The first-order valence-corrected chi connectivity index (χ1v) is 9.67. The molecule has 0 aromatic heterocycles. The molecule has 0 unspecified atom stereocenters. The fourth-order valence-corrected chi connectivity index (χ4v) is 5.10. The second-order valence-corrected chi connectivity index (χ2v) is 8.44. The lowest BCUT2D eigenvalue weighted by molar-refractivity contribution is 0.482. The molecule has 0 bridgehead atoms. The molecule has 5 heteroatoms. The summed E-state index contributed by atoms with van der Waals surface area (Å²) in [4.78, 5) is 0. The van der Waals surface area contributed by atoms with Gasteiger partial charge in [0.15, 0.2) is 0 Å². The maximum Gasteiger partial charge on any atom is 0.264 e. The Kier molecular flexibility index (Phi) is 9.58. The number of unbranched alkanes of at least 4 members (excludes halogenated alkanes) is 2. The highest BCUT2D eigenvalue weighted by atomic mass is 32.2. The van der Waals surface area contributed by atoms with Crippen LogP contribution < -0.4 is 0 Å². The average Bonchev–Trinajstić information content (AvgIpc) is 2.19. The molecule has 0 amide bonds. The molecule has 0 aromatic rings. The lowest BCUT2D eigenvalue weighted by Crippen LogP contribution is -2.06. The van der Waals surface area contributed by atoms with Crippen molar-refractivity contribution in [1.29, 1.82) is 0 Å². The first kappa shape index (κ1) is 16.3. The van der Waals surface area contributed by atoms with Gasteiger partial charge in [-0.1, -0.05) is 26.7 Å². The van der Waals surface area contributed by atoms with Gasteiger partial charge in [-0.2, -0.15) is 8.42 Å². The van der Waals surface area contributed by atoms with Crippen LogP contribution in [0.2, 0.25) is 0 Å². The van der Waals surface area contributed by atoms with Crippen molar-refractivity contribution in [2.24, 2.45) is 0 Å². The Morgan fingerprint density at radius 2 is 1.38 bits per heavy atom. The Morgan fingerprint density at radius 3 is 1.75 bits per heavy atom. The van der Waals surface area contributed by atoms with Gasteiger partial charge in [-0.15, -0.1) is 7.92 Å². The van der Waals surface area contributed by atoms with Crippen LogP contribution in [-0.2, 0) is 10.1 Å². The Hall–Kier alpha value is 0.340. The van der Waals surface area contributed by atoms with Gasteiger partial charge in [0.1, 0.15) is 0 Å². The molecule has 0 radical (unpaired) electrons. The molecule has 0 aromatic carbocycles. The molecule has 16 heavy (non-hydrogen) atoms. The van der Waals surface area contributed by atoms with Crippen molar-refractivity contribution in [2.45, 2.75) is 46.0 Å². The van der Waals surface area contributed by atoms with Crippen LogP contribution in [0.3, 0.4) is 0 Å². The summed E-state index contributed by atoms with van der Waals surface area (Å²) in [6, 6.07) is 0. The van der Waals surface area contributed by atoms with Crippen LogP contribution in [0.4, 0.5) is 0 Å². The van der Waals surface area contributed by atoms with Gasteiger partial charge < -0.3 is 0 Å². The molecule has 0 aliphatic carbocycles. The predicted molar refractivity (Wildman–Crippen MR) is 72.4 cm³/mol. The van der Waals surface area contributed by atoms with E-state index in [0.717, 1.165) is 6.16 Å². The largest absolute Gasteiger partial charge is 0.286 e. The fraction of sp³-hybridized carbons (Fsp3) is 1.00. The van der Waals surface area contributed by atoms with E-state index in [-0.39, 0.29) is 13.7 Å². The normalized spacial score (nSPS) is 12.2. The standard InChI is InChI=1S/C11H25O3PS/c1-3-5-8-15(9-6-4-2)10-7-11-16(12,13)14/h3-11H2,1-2H3,(H,12,13,14). The first-order valence-electron chi connectivity index (χ1n) is 6.17. The van der Waals surface area contributed by atoms with Crippen molar-refractivity contribution in [3.05, 3.63) is 0 Å². The quantitative estimate of drug-likeness (QED) is 0.488.